The molecule has 16 heteroatoms. The number of nitrogens with one attached hydrogen (secondary N) is 1. The summed E-state index contributed by atoms with van der Waals surface area (Å²) in [5.41, 5.74) is 13.4. The maximum atomic E-state index is 15.8. The lowest BCUT2D eigenvalue weighted by molar-refractivity contribution is 0.588. The molecule has 0 fully saturated rings. The molecule has 0 unspecified atom stereocenters. The lowest BCUT2D eigenvalue weighted by Crippen LogP contribution is -2.10. The number of nitrogens with zero attached hydrogens (tertiary/aromatic N) is 13. The van der Waals surface area contributed by atoms with Crippen LogP contribution in [0.5, 0.6) is 0 Å². The van der Waals surface area contributed by atoms with E-state index in [-0.39, 0.29) is 22.5 Å². The van der Waals surface area contributed by atoms with Gasteiger partial charge >= 0.3 is 0 Å². The first-order valence-electron chi connectivity index (χ1n) is 33.7. The monoisotopic (exact) mass is 1360 g/mol. The fourth-order valence-electron chi connectivity index (χ4n) is 13.7. The SMILES string of the molecule is N#Cc1cc(-c2nc(-c3ccccc3)nc(-c3ccccc3)n2)c(-n2c3ccccc3c3cnccc32)c(-c2ccccc2)c1-n1c2ccccc2c2cnccc21.N#Cc1cc(-c2nc(-c3ccccc3)nc(-c3ccccc3)n2)c(F)c(-c2ccccc2)c1F.c1ccc2c(c1)[nH]c1ccncc12. The Morgan fingerprint density at radius 2 is 0.629 bits per heavy atom. The van der Waals surface area contributed by atoms with E-state index in [0.29, 0.717) is 45.8 Å². The number of pyridine rings is 3. The zero-order chi connectivity index (χ0) is 70.7. The number of fused-ring (bicyclic) bond motifs is 9. The number of rotatable bonds is 10. The maximum Gasteiger partial charge on any atom is 0.167 e. The van der Waals surface area contributed by atoms with Crippen LogP contribution in [0.1, 0.15) is 11.1 Å². The van der Waals surface area contributed by atoms with E-state index in [4.69, 9.17) is 15.0 Å². The van der Waals surface area contributed by atoms with Crippen molar-refractivity contribution >= 4 is 65.4 Å². The van der Waals surface area contributed by atoms with Crippen LogP contribution < -0.4 is 0 Å². The molecule has 0 saturated carbocycles. The van der Waals surface area contributed by atoms with Gasteiger partial charge in [-0.3, -0.25) is 15.0 Å². The molecule has 11 aromatic carbocycles. The van der Waals surface area contributed by atoms with E-state index >= 15 is 8.78 Å². The number of aromatic nitrogens is 12. The first-order chi connectivity index (χ1) is 51.9. The van der Waals surface area contributed by atoms with Crippen molar-refractivity contribution in [2.75, 3.05) is 0 Å². The highest BCUT2D eigenvalue weighted by Gasteiger charge is 2.30. The van der Waals surface area contributed by atoms with Crippen LogP contribution in [0.25, 0.3) is 167 Å². The summed E-state index contributed by atoms with van der Waals surface area (Å²) in [7, 11) is 0. The fraction of sp³-hybridized carbons (Fsp3) is 0. The summed E-state index contributed by atoms with van der Waals surface area (Å²) in [5.74, 6) is 0.428. The van der Waals surface area contributed by atoms with E-state index in [1.807, 2.05) is 219 Å². The highest BCUT2D eigenvalue weighted by Crippen LogP contribution is 2.48. The standard InChI is InChI=1S/C50H30N8.C28H16F2N4.C11H8N2/c51-29-35-28-38(50-55-48(33-16-6-2-7-17-33)54-49(56-50)34-18-8-3-9-19-34)47(58-42-23-13-11-21-37(42)40-31-53-27-25-44(40)58)45(32-14-4-1-5-15-32)46(35)57-41-22-12-10-20-36(41)39-30-52-26-24-43(39)57;29-24-21(17-31)16-22(25(30)23(24)18-10-4-1-5-11-18)28-33-26(19-12-6-2-7-13-19)32-27(34-28)20-14-8-3-9-15-20;1-2-4-10-8(3-1)9-7-12-6-5-11(9)13-10/h1-28,30-31H;1-16H;1-7,13H. The lowest BCUT2D eigenvalue weighted by Gasteiger charge is -2.24. The van der Waals surface area contributed by atoms with Crippen molar-refractivity contribution in [3.63, 3.8) is 0 Å². The molecule has 0 saturated heterocycles. The van der Waals surface area contributed by atoms with Gasteiger partial charge in [0.1, 0.15) is 18.0 Å². The Balaban J connectivity index is 0.000000144. The maximum absolute atomic E-state index is 15.8. The van der Waals surface area contributed by atoms with E-state index in [2.05, 4.69) is 117 Å². The third kappa shape index (κ3) is 11.8. The summed E-state index contributed by atoms with van der Waals surface area (Å²) in [5, 5.41) is 27.5. The van der Waals surface area contributed by atoms with Gasteiger partial charge in [0.2, 0.25) is 0 Å². The summed E-state index contributed by atoms with van der Waals surface area (Å²) in [4.78, 5) is 45.7. The smallest absolute Gasteiger partial charge is 0.167 e. The Labute approximate surface area is 599 Å². The predicted molar refractivity (Wildman–Crippen MR) is 410 cm³/mol. The number of hydrogen-bond donors (Lipinski definition) is 1. The number of halogens is 2. The molecular formula is C89H54F2N14. The molecule has 0 aliphatic carbocycles. The molecule has 14 nitrogen and oxygen atoms in total. The molecule has 0 amide bonds. The first kappa shape index (κ1) is 63.6. The van der Waals surface area contributed by atoms with Gasteiger partial charge in [-0.1, -0.05) is 237 Å². The van der Waals surface area contributed by atoms with Crippen LogP contribution in [-0.2, 0) is 0 Å². The summed E-state index contributed by atoms with van der Waals surface area (Å²) >= 11 is 0. The second-order valence-corrected chi connectivity index (χ2v) is 24.6. The van der Waals surface area contributed by atoms with Crippen molar-refractivity contribution in [1.82, 2.24) is 59.0 Å². The lowest BCUT2D eigenvalue weighted by atomic mass is 9.93. The fourth-order valence-corrected chi connectivity index (χ4v) is 13.7. The molecule has 19 rings (SSSR count). The number of nitriles is 2. The number of H-pyrrole nitrogens is 1. The van der Waals surface area contributed by atoms with Crippen LogP contribution in [-0.4, -0.2) is 59.0 Å². The zero-order valence-corrected chi connectivity index (χ0v) is 55.7. The Hall–Kier alpha value is -14.9. The molecule has 0 atom stereocenters. The average Bonchev–Trinajstić information content (AvgIpc) is 1.60. The summed E-state index contributed by atoms with van der Waals surface area (Å²) in [6.45, 7) is 0. The van der Waals surface area contributed by atoms with Gasteiger partial charge in [0, 0.05) is 114 Å². The highest BCUT2D eigenvalue weighted by molar-refractivity contribution is 6.13. The van der Waals surface area contributed by atoms with Crippen molar-refractivity contribution in [2.45, 2.75) is 0 Å². The number of para-hydroxylation sites is 3. The minimum absolute atomic E-state index is 0.0129. The van der Waals surface area contributed by atoms with Gasteiger partial charge < -0.3 is 14.1 Å². The molecule has 8 aromatic heterocycles. The van der Waals surface area contributed by atoms with E-state index in [1.54, 1.807) is 36.5 Å². The third-order valence-electron chi connectivity index (χ3n) is 18.4. The van der Waals surface area contributed by atoms with Crippen LogP contribution in [0.2, 0.25) is 0 Å². The van der Waals surface area contributed by atoms with Gasteiger partial charge in [0.25, 0.3) is 0 Å². The number of hydrogen-bond acceptors (Lipinski definition) is 11. The van der Waals surface area contributed by atoms with E-state index in [1.165, 1.54) is 16.3 Å². The van der Waals surface area contributed by atoms with Crippen molar-refractivity contribution in [3.8, 4) is 114 Å². The summed E-state index contributed by atoms with van der Waals surface area (Å²) in [6.07, 6.45) is 11.2. The van der Waals surface area contributed by atoms with Crippen molar-refractivity contribution < 1.29 is 8.78 Å². The molecule has 0 spiro atoms. The molecule has 0 aliphatic heterocycles. The van der Waals surface area contributed by atoms with Gasteiger partial charge in [0.15, 0.2) is 40.8 Å². The van der Waals surface area contributed by atoms with Crippen LogP contribution in [0.3, 0.4) is 0 Å². The largest absolute Gasteiger partial charge is 0.354 e. The third-order valence-corrected chi connectivity index (χ3v) is 18.4. The van der Waals surface area contributed by atoms with Crippen LogP contribution in [0, 0.1) is 34.3 Å². The van der Waals surface area contributed by atoms with Gasteiger partial charge in [-0.05, 0) is 59.7 Å². The average molecular weight is 1360 g/mol. The molecule has 1 N–H and O–H groups in total. The molecular weight excluding hydrogens is 1300 g/mol. The zero-order valence-electron chi connectivity index (χ0n) is 55.7. The van der Waals surface area contributed by atoms with Crippen molar-refractivity contribution in [3.05, 3.63) is 345 Å². The number of aromatic amines is 1. The van der Waals surface area contributed by atoms with E-state index in [0.717, 1.165) is 100.0 Å². The second kappa shape index (κ2) is 27.7. The summed E-state index contributed by atoms with van der Waals surface area (Å²) < 4.78 is 35.4. The molecule has 0 radical (unpaired) electrons. The minimum atomic E-state index is -0.921. The molecule has 8 heterocycles. The van der Waals surface area contributed by atoms with Crippen LogP contribution in [0.15, 0.2) is 322 Å². The van der Waals surface area contributed by atoms with E-state index < -0.39 is 11.6 Å². The van der Waals surface area contributed by atoms with Gasteiger partial charge in [-0.15, -0.1) is 0 Å². The molecule has 0 bridgehead atoms. The number of benzene rings is 11. The Morgan fingerprint density at radius 3 is 1.10 bits per heavy atom. The Kier molecular flexibility index (Phi) is 16.8. The molecule has 0 aliphatic rings. The van der Waals surface area contributed by atoms with Crippen LogP contribution >= 0.6 is 0 Å². The molecule has 494 valence electrons. The quantitative estimate of drug-likeness (QED) is 0.137. The van der Waals surface area contributed by atoms with Crippen molar-refractivity contribution in [2.24, 2.45) is 0 Å². The predicted octanol–water partition coefficient (Wildman–Crippen LogP) is 20.8. The normalized spacial score (nSPS) is 11.1. The van der Waals surface area contributed by atoms with Crippen molar-refractivity contribution in [1.29, 1.82) is 10.5 Å². The Morgan fingerprint density at radius 1 is 0.286 bits per heavy atom. The first-order valence-corrected chi connectivity index (χ1v) is 33.7. The minimum Gasteiger partial charge on any atom is -0.354 e. The molecule has 105 heavy (non-hydrogen) atoms. The van der Waals surface area contributed by atoms with E-state index in [9.17, 15) is 10.5 Å². The molecule has 19 aromatic rings. The van der Waals surface area contributed by atoms with Gasteiger partial charge in [0.05, 0.1) is 55.7 Å². The van der Waals surface area contributed by atoms with Gasteiger partial charge in [-0.2, -0.15) is 10.5 Å². The topological polar surface area (TPSA) is 189 Å². The summed E-state index contributed by atoms with van der Waals surface area (Å²) in [6, 6.07) is 95.6. The highest BCUT2D eigenvalue weighted by atomic mass is 19.1. The van der Waals surface area contributed by atoms with Gasteiger partial charge in [-0.25, -0.2) is 38.7 Å². The second-order valence-electron chi connectivity index (χ2n) is 24.6. The Bertz CT molecular complexity index is 6300. The van der Waals surface area contributed by atoms with Crippen LogP contribution in [0.4, 0.5) is 8.78 Å².